The minimum Gasteiger partial charge on any atom is -0.449 e. The fraction of sp³-hybridized carbons (Fsp3) is 0.429. The van der Waals surface area contributed by atoms with Crippen molar-refractivity contribution in [3.63, 3.8) is 0 Å². The Balaban J connectivity index is 1.98. The predicted molar refractivity (Wildman–Crippen MR) is 78.7 cm³/mol. The molecule has 2 N–H and O–H groups in total. The summed E-state index contributed by atoms with van der Waals surface area (Å²) in [5, 5.41) is 2.74. The van der Waals surface area contributed by atoms with E-state index in [0.717, 1.165) is 12.8 Å². The molecule has 1 aliphatic rings. The Labute approximate surface area is 129 Å². The second-order valence-corrected chi connectivity index (χ2v) is 6.95. The van der Waals surface area contributed by atoms with Gasteiger partial charge >= 0.3 is 5.97 Å². The van der Waals surface area contributed by atoms with Crippen LogP contribution in [0.1, 0.15) is 30.1 Å². The Morgan fingerprint density at radius 3 is 2.32 bits per heavy atom. The Morgan fingerprint density at radius 2 is 1.82 bits per heavy atom. The Bertz CT molecular complexity index is 665. The molecule has 120 valence electrons. The molecule has 7 nitrogen and oxygen atoms in total. The molecule has 0 spiro atoms. The number of nitrogens with one attached hydrogen (secondary N) is 2. The number of carbonyl (C=O) groups is 2. The number of hydrogen-bond acceptors (Lipinski definition) is 5. The molecule has 1 amide bonds. The highest BCUT2D eigenvalue weighted by Gasteiger charge is 2.27. The first-order chi connectivity index (χ1) is 10.3. The van der Waals surface area contributed by atoms with Crippen LogP contribution in [0.2, 0.25) is 0 Å². The third-order valence-corrected chi connectivity index (χ3v) is 4.68. The molecule has 1 aliphatic carbocycles. The molecule has 0 heterocycles. The highest BCUT2D eigenvalue weighted by Crippen LogP contribution is 2.19. The van der Waals surface area contributed by atoms with Gasteiger partial charge in [0, 0.05) is 6.04 Å². The van der Waals surface area contributed by atoms with Crippen molar-refractivity contribution < 1.29 is 22.7 Å². The summed E-state index contributed by atoms with van der Waals surface area (Å²) in [6, 6.07) is 5.49. The van der Waals surface area contributed by atoms with E-state index in [1.165, 1.54) is 38.2 Å². The van der Waals surface area contributed by atoms with Gasteiger partial charge in [-0.25, -0.2) is 17.9 Å². The summed E-state index contributed by atoms with van der Waals surface area (Å²) in [6.45, 7) is 1.50. The third-order valence-electron chi connectivity index (χ3n) is 3.25. The minimum absolute atomic E-state index is 0.0473. The van der Waals surface area contributed by atoms with Crippen LogP contribution in [0.4, 0.5) is 0 Å². The zero-order valence-electron chi connectivity index (χ0n) is 12.3. The van der Waals surface area contributed by atoms with E-state index in [4.69, 9.17) is 4.74 Å². The predicted octanol–water partition coefficient (Wildman–Crippen LogP) is 0.419. The van der Waals surface area contributed by atoms with Crippen molar-refractivity contribution in [1.82, 2.24) is 10.0 Å². The number of rotatable bonds is 6. The van der Waals surface area contributed by atoms with Gasteiger partial charge in [-0.05, 0) is 51.1 Å². The van der Waals surface area contributed by atoms with E-state index in [9.17, 15) is 18.0 Å². The van der Waals surface area contributed by atoms with Crippen molar-refractivity contribution in [3.05, 3.63) is 29.8 Å². The normalized spacial score (nSPS) is 15.9. The third kappa shape index (κ3) is 4.05. The number of sulfonamides is 1. The zero-order valence-corrected chi connectivity index (χ0v) is 13.1. The van der Waals surface area contributed by atoms with E-state index in [0.29, 0.717) is 0 Å². The number of amides is 1. The summed E-state index contributed by atoms with van der Waals surface area (Å²) in [4.78, 5) is 23.7. The molecule has 1 aromatic carbocycles. The van der Waals surface area contributed by atoms with E-state index in [1.54, 1.807) is 0 Å². The maximum absolute atomic E-state index is 11.9. The van der Waals surface area contributed by atoms with Crippen molar-refractivity contribution in [2.24, 2.45) is 0 Å². The fourth-order valence-electron chi connectivity index (χ4n) is 1.72. The van der Waals surface area contributed by atoms with Crippen LogP contribution >= 0.6 is 0 Å². The molecule has 1 atom stereocenters. The van der Waals surface area contributed by atoms with Crippen LogP contribution in [0.3, 0.4) is 0 Å². The molecule has 0 bridgehead atoms. The van der Waals surface area contributed by atoms with E-state index in [-0.39, 0.29) is 22.4 Å². The lowest BCUT2D eigenvalue weighted by Crippen LogP contribution is -2.37. The zero-order chi connectivity index (χ0) is 16.3. The maximum atomic E-state index is 11.9. The lowest BCUT2D eigenvalue weighted by molar-refractivity contribution is -0.129. The monoisotopic (exact) mass is 326 g/mol. The van der Waals surface area contributed by atoms with Crippen LogP contribution < -0.4 is 10.0 Å². The van der Waals surface area contributed by atoms with Crippen LogP contribution in [-0.4, -0.2) is 39.5 Å². The van der Waals surface area contributed by atoms with Crippen molar-refractivity contribution in [2.45, 2.75) is 36.8 Å². The second-order valence-electron chi connectivity index (χ2n) is 5.06. The highest BCUT2D eigenvalue weighted by molar-refractivity contribution is 7.89. The quantitative estimate of drug-likeness (QED) is 0.738. The van der Waals surface area contributed by atoms with E-state index in [2.05, 4.69) is 10.0 Å². The smallest absolute Gasteiger partial charge is 0.338 e. The van der Waals surface area contributed by atoms with Gasteiger partial charge in [0.05, 0.1) is 10.5 Å². The molecule has 1 fully saturated rings. The van der Waals surface area contributed by atoms with Gasteiger partial charge in [0.15, 0.2) is 6.10 Å². The number of hydrogen-bond donors (Lipinski definition) is 2. The van der Waals surface area contributed by atoms with Crippen molar-refractivity contribution in [2.75, 3.05) is 7.05 Å². The van der Waals surface area contributed by atoms with Crippen LogP contribution in [0.5, 0.6) is 0 Å². The molecule has 1 saturated carbocycles. The summed E-state index contributed by atoms with van der Waals surface area (Å²) in [5.41, 5.74) is 0.182. The molecule has 0 aromatic heterocycles. The summed E-state index contributed by atoms with van der Waals surface area (Å²) in [5.74, 6) is -1.00. The first-order valence-electron chi connectivity index (χ1n) is 6.88. The molecule has 0 radical (unpaired) electrons. The van der Waals surface area contributed by atoms with Crippen molar-refractivity contribution in [3.8, 4) is 0 Å². The van der Waals surface area contributed by atoms with Crippen LogP contribution in [0.25, 0.3) is 0 Å². The van der Waals surface area contributed by atoms with Crippen LogP contribution in [-0.2, 0) is 19.6 Å². The first-order valence-corrected chi connectivity index (χ1v) is 8.37. The molecule has 2 rings (SSSR count). The second kappa shape index (κ2) is 6.45. The molecule has 0 aliphatic heterocycles. The van der Waals surface area contributed by atoms with Gasteiger partial charge in [-0.15, -0.1) is 0 Å². The molecular formula is C14H18N2O5S. The summed E-state index contributed by atoms with van der Waals surface area (Å²) >= 11 is 0. The summed E-state index contributed by atoms with van der Waals surface area (Å²) in [7, 11) is -2.25. The van der Waals surface area contributed by atoms with Gasteiger partial charge in [0.25, 0.3) is 5.91 Å². The summed E-state index contributed by atoms with van der Waals surface area (Å²) in [6.07, 6.45) is 1.01. The lowest BCUT2D eigenvalue weighted by Gasteiger charge is -2.13. The SMILES string of the molecule is CNS(=O)(=O)c1ccc(C(=O)OC(C)C(=O)NC2CC2)cc1. The Morgan fingerprint density at radius 1 is 1.23 bits per heavy atom. The molecule has 22 heavy (non-hydrogen) atoms. The molecular weight excluding hydrogens is 308 g/mol. The first kappa shape index (κ1) is 16.4. The topological polar surface area (TPSA) is 102 Å². The van der Waals surface area contributed by atoms with Crippen molar-refractivity contribution in [1.29, 1.82) is 0 Å². The van der Waals surface area contributed by atoms with E-state index < -0.39 is 22.1 Å². The van der Waals surface area contributed by atoms with E-state index in [1.807, 2.05) is 0 Å². The molecule has 0 saturated heterocycles. The Hall–Kier alpha value is -1.93. The lowest BCUT2D eigenvalue weighted by atomic mass is 10.2. The average Bonchev–Trinajstić information content (AvgIpc) is 3.31. The van der Waals surface area contributed by atoms with Gasteiger partial charge in [-0.3, -0.25) is 4.79 Å². The number of carbonyl (C=O) groups excluding carboxylic acids is 2. The van der Waals surface area contributed by atoms with Gasteiger partial charge in [-0.1, -0.05) is 0 Å². The Kier molecular flexibility index (Phi) is 4.82. The summed E-state index contributed by atoms with van der Waals surface area (Å²) < 4.78 is 30.4. The van der Waals surface area contributed by atoms with Gasteiger partial charge in [0.2, 0.25) is 10.0 Å². The highest BCUT2D eigenvalue weighted by atomic mass is 32.2. The van der Waals surface area contributed by atoms with Gasteiger partial charge < -0.3 is 10.1 Å². The fourth-order valence-corrected chi connectivity index (χ4v) is 2.45. The van der Waals surface area contributed by atoms with Crippen molar-refractivity contribution >= 4 is 21.9 Å². The number of ether oxygens (including phenoxy) is 1. The standard InChI is InChI=1S/C14H18N2O5S/c1-9(13(17)16-11-5-6-11)21-14(18)10-3-7-12(8-4-10)22(19,20)15-2/h3-4,7-9,11,15H,5-6H2,1-2H3,(H,16,17). The number of benzene rings is 1. The van der Waals surface area contributed by atoms with Crippen LogP contribution in [0.15, 0.2) is 29.2 Å². The van der Waals surface area contributed by atoms with Gasteiger partial charge in [0.1, 0.15) is 0 Å². The largest absolute Gasteiger partial charge is 0.449 e. The van der Waals surface area contributed by atoms with Crippen LogP contribution in [0, 0.1) is 0 Å². The minimum atomic E-state index is -3.55. The number of esters is 1. The van der Waals surface area contributed by atoms with E-state index >= 15 is 0 Å². The maximum Gasteiger partial charge on any atom is 0.338 e. The molecule has 1 aromatic rings. The molecule has 8 heteroatoms. The molecule has 1 unspecified atom stereocenters. The van der Waals surface area contributed by atoms with Gasteiger partial charge in [-0.2, -0.15) is 0 Å². The average molecular weight is 326 g/mol.